The molecule has 8 heteroatoms. The van der Waals surface area contributed by atoms with Crippen molar-refractivity contribution < 1.29 is 33.3 Å². The first-order valence-corrected chi connectivity index (χ1v) is 9.83. The topological polar surface area (TPSA) is 100 Å². The van der Waals surface area contributed by atoms with E-state index in [-0.39, 0.29) is 26.4 Å². The molecule has 1 atom stereocenters. The quantitative estimate of drug-likeness (QED) is 0.234. The van der Waals surface area contributed by atoms with Crippen LogP contribution in [0.4, 0.5) is 4.79 Å². The third kappa shape index (κ3) is 8.35. The maximum Gasteiger partial charge on any atom is 0.407 e. The van der Waals surface area contributed by atoms with Crippen LogP contribution in [0, 0.1) is 0 Å². The van der Waals surface area contributed by atoms with Crippen molar-refractivity contribution in [3.8, 4) is 16.9 Å². The number of carbonyl (C=O) groups is 3. The Morgan fingerprint density at radius 2 is 1.53 bits per heavy atom. The van der Waals surface area contributed by atoms with Gasteiger partial charge in [0.05, 0.1) is 6.54 Å². The van der Waals surface area contributed by atoms with Gasteiger partial charge in [0.15, 0.2) is 6.10 Å². The molecular weight excluding hydrogens is 414 g/mol. The molecule has 1 unspecified atom stereocenters. The van der Waals surface area contributed by atoms with Crippen LogP contribution >= 0.6 is 0 Å². The number of esters is 2. The van der Waals surface area contributed by atoms with Crippen molar-refractivity contribution in [1.29, 1.82) is 0 Å². The molecule has 0 heterocycles. The van der Waals surface area contributed by atoms with Crippen molar-refractivity contribution in [2.75, 3.05) is 26.4 Å². The Morgan fingerprint density at radius 1 is 0.875 bits per heavy atom. The molecule has 0 radical (unpaired) electrons. The van der Waals surface area contributed by atoms with E-state index in [2.05, 4.69) is 18.5 Å². The van der Waals surface area contributed by atoms with E-state index in [4.69, 9.17) is 18.9 Å². The third-order valence-corrected chi connectivity index (χ3v) is 4.03. The molecule has 0 saturated heterocycles. The zero-order valence-corrected chi connectivity index (χ0v) is 17.5. The van der Waals surface area contributed by atoms with Crippen molar-refractivity contribution in [3.05, 3.63) is 79.9 Å². The fourth-order valence-corrected chi connectivity index (χ4v) is 2.54. The molecule has 2 rings (SSSR count). The van der Waals surface area contributed by atoms with Crippen LogP contribution in [0.2, 0.25) is 0 Å². The van der Waals surface area contributed by atoms with Crippen molar-refractivity contribution in [1.82, 2.24) is 5.32 Å². The van der Waals surface area contributed by atoms with Crippen LogP contribution in [0.1, 0.15) is 0 Å². The average molecular weight is 439 g/mol. The minimum absolute atomic E-state index is 0.0370. The number of alkyl carbamates (subject to hydrolysis) is 1. The molecule has 1 amide bonds. The molecule has 0 aliphatic heterocycles. The average Bonchev–Trinajstić information content (AvgIpc) is 2.83. The monoisotopic (exact) mass is 439 g/mol. The lowest BCUT2D eigenvalue weighted by Gasteiger charge is -2.19. The first kappa shape index (κ1) is 24.2. The predicted octanol–water partition coefficient (Wildman–Crippen LogP) is 3.29. The van der Waals surface area contributed by atoms with Gasteiger partial charge in [0.2, 0.25) is 0 Å². The van der Waals surface area contributed by atoms with Gasteiger partial charge in [-0.1, -0.05) is 61.7 Å². The van der Waals surface area contributed by atoms with Crippen LogP contribution in [-0.2, 0) is 23.8 Å². The van der Waals surface area contributed by atoms with E-state index in [0.717, 1.165) is 23.3 Å². The van der Waals surface area contributed by atoms with Gasteiger partial charge >= 0.3 is 18.0 Å². The minimum atomic E-state index is -0.890. The summed E-state index contributed by atoms with van der Waals surface area (Å²) in [4.78, 5) is 34.5. The third-order valence-electron chi connectivity index (χ3n) is 4.03. The summed E-state index contributed by atoms with van der Waals surface area (Å²) < 4.78 is 21.0. The van der Waals surface area contributed by atoms with E-state index in [1.165, 1.54) is 0 Å². The molecule has 0 saturated carbocycles. The largest absolute Gasteiger partial charge is 0.489 e. The molecule has 0 fully saturated rings. The van der Waals surface area contributed by atoms with Gasteiger partial charge in [0, 0.05) is 17.7 Å². The molecular formula is C24H25NO7. The van der Waals surface area contributed by atoms with Crippen molar-refractivity contribution in [2.24, 2.45) is 0 Å². The van der Waals surface area contributed by atoms with Gasteiger partial charge in [-0.25, -0.2) is 14.4 Å². The number of ether oxygens (including phenoxy) is 4. The highest BCUT2D eigenvalue weighted by Crippen LogP contribution is 2.29. The second-order valence-electron chi connectivity index (χ2n) is 6.33. The number of carbonyl (C=O) groups excluding carboxylic acids is 3. The summed E-state index contributed by atoms with van der Waals surface area (Å²) in [7, 11) is 0. The van der Waals surface area contributed by atoms with E-state index in [1.54, 1.807) is 6.07 Å². The standard InChI is InChI=1S/C24H25NO7/c1-3-22(26)29-15-14-25-24(28)32-19(17-31-23(27)4-2)16-30-21-13-9-8-12-20(21)18-10-6-5-7-11-18/h3-13,19H,1-2,14-17H2,(H,25,28). The molecule has 8 nitrogen and oxygen atoms in total. The van der Waals surface area contributed by atoms with E-state index in [9.17, 15) is 14.4 Å². The molecule has 1 N–H and O–H groups in total. The zero-order valence-electron chi connectivity index (χ0n) is 17.5. The Balaban J connectivity index is 1.98. The Hall–Kier alpha value is -4.07. The van der Waals surface area contributed by atoms with E-state index < -0.39 is 24.1 Å². The number of nitrogens with one attached hydrogen (secondary N) is 1. The Morgan fingerprint density at radius 3 is 2.25 bits per heavy atom. The summed E-state index contributed by atoms with van der Waals surface area (Å²) in [5, 5.41) is 2.44. The maximum atomic E-state index is 12.1. The van der Waals surface area contributed by atoms with Gasteiger partial charge in [0.25, 0.3) is 0 Å². The van der Waals surface area contributed by atoms with E-state index >= 15 is 0 Å². The Kier molecular flexibility index (Phi) is 10.0. The van der Waals surface area contributed by atoms with Crippen LogP contribution < -0.4 is 10.1 Å². The Bertz CT molecular complexity index is 927. The molecule has 0 aromatic heterocycles. The van der Waals surface area contributed by atoms with Gasteiger partial charge in [-0.3, -0.25) is 0 Å². The predicted molar refractivity (Wildman–Crippen MR) is 118 cm³/mol. The summed E-state index contributed by atoms with van der Waals surface area (Å²) in [6.07, 6.45) is 0.363. The summed E-state index contributed by atoms with van der Waals surface area (Å²) in [5.74, 6) is -0.668. The van der Waals surface area contributed by atoms with Gasteiger partial charge < -0.3 is 24.3 Å². The lowest BCUT2D eigenvalue weighted by atomic mass is 10.1. The molecule has 2 aromatic rings. The molecule has 2 aromatic carbocycles. The van der Waals surface area contributed by atoms with Crippen LogP contribution in [0.5, 0.6) is 5.75 Å². The number of benzene rings is 2. The van der Waals surface area contributed by atoms with Crippen molar-refractivity contribution in [3.63, 3.8) is 0 Å². The van der Waals surface area contributed by atoms with Gasteiger partial charge in [-0.2, -0.15) is 0 Å². The highest BCUT2D eigenvalue weighted by molar-refractivity contribution is 5.81. The molecule has 0 aliphatic rings. The van der Waals surface area contributed by atoms with Crippen molar-refractivity contribution in [2.45, 2.75) is 6.10 Å². The highest BCUT2D eigenvalue weighted by Gasteiger charge is 2.18. The summed E-state index contributed by atoms with van der Waals surface area (Å²) in [5.41, 5.74) is 1.83. The lowest BCUT2D eigenvalue weighted by Crippen LogP contribution is -2.36. The number of hydrogen-bond acceptors (Lipinski definition) is 7. The minimum Gasteiger partial charge on any atom is -0.489 e. The highest BCUT2D eigenvalue weighted by atomic mass is 16.6. The molecule has 0 spiro atoms. The molecule has 0 bridgehead atoms. The Labute approximate surface area is 186 Å². The lowest BCUT2D eigenvalue weighted by molar-refractivity contribution is -0.141. The number of para-hydroxylation sites is 1. The fourth-order valence-electron chi connectivity index (χ4n) is 2.54. The smallest absolute Gasteiger partial charge is 0.407 e. The normalized spacial score (nSPS) is 10.9. The number of rotatable bonds is 12. The maximum absolute atomic E-state index is 12.1. The SMILES string of the molecule is C=CC(=O)OCCNC(=O)OC(COC(=O)C=C)COc1ccccc1-c1ccccc1. The number of hydrogen-bond donors (Lipinski definition) is 1. The van der Waals surface area contributed by atoms with Crippen molar-refractivity contribution >= 4 is 18.0 Å². The first-order valence-electron chi connectivity index (χ1n) is 9.83. The summed E-state index contributed by atoms with van der Waals surface area (Å²) >= 11 is 0. The van der Waals surface area contributed by atoms with Gasteiger partial charge in [-0.05, 0) is 11.6 Å². The van der Waals surface area contributed by atoms with Gasteiger partial charge in [-0.15, -0.1) is 0 Å². The summed E-state index contributed by atoms with van der Waals surface area (Å²) in [6, 6.07) is 17.1. The van der Waals surface area contributed by atoms with Crippen LogP contribution in [-0.4, -0.2) is 50.5 Å². The second kappa shape index (κ2) is 13.3. The van der Waals surface area contributed by atoms with E-state index in [0.29, 0.717) is 5.75 Å². The van der Waals surface area contributed by atoms with Crippen LogP contribution in [0.25, 0.3) is 11.1 Å². The van der Waals surface area contributed by atoms with Gasteiger partial charge in [0.1, 0.15) is 25.6 Å². The van der Waals surface area contributed by atoms with Crippen LogP contribution in [0.3, 0.4) is 0 Å². The molecule has 0 aliphatic carbocycles. The number of amides is 1. The van der Waals surface area contributed by atoms with E-state index in [1.807, 2.05) is 48.5 Å². The summed E-state index contributed by atoms with van der Waals surface area (Å²) in [6.45, 7) is 6.32. The second-order valence-corrected chi connectivity index (χ2v) is 6.33. The molecule has 168 valence electrons. The zero-order chi connectivity index (χ0) is 23.2. The molecule has 32 heavy (non-hydrogen) atoms. The fraction of sp³-hybridized carbons (Fsp3) is 0.208. The van der Waals surface area contributed by atoms with Crippen LogP contribution in [0.15, 0.2) is 79.9 Å². The first-order chi connectivity index (χ1) is 15.5.